The van der Waals surface area contributed by atoms with Crippen molar-refractivity contribution in [3.8, 4) is 0 Å². The van der Waals surface area contributed by atoms with Crippen molar-refractivity contribution in [2.75, 3.05) is 26.7 Å². The molecule has 0 bridgehead atoms. The molecule has 1 aliphatic rings. The standard InChI is InChI=1S/C15H21NO/c1-16-10-4-7-14-5-2-3-6-15(14)9-8-13(11-16)12-17/h2-3,5-6,8-9,13,17H,4,7,10-12H2,1H3. The van der Waals surface area contributed by atoms with Gasteiger partial charge in [0, 0.05) is 12.5 Å². The Morgan fingerprint density at radius 1 is 1.35 bits per heavy atom. The summed E-state index contributed by atoms with van der Waals surface area (Å²) in [5.41, 5.74) is 2.71. The number of benzene rings is 1. The molecule has 2 heteroatoms. The minimum atomic E-state index is 0.225. The lowest BCUT2D eigenvalue weighted by Gasteiger charge is -2.22. The molecule has 0 fully saturated rings. The van der Waals surface area contributed by atoms with E-state index in [1.54, 1.807) is 0 Å². The van der Waals surface area contributed by atoms with Crippen LogP contribution in [0.1, 0.15) is 17.5 Å². The number of rotatable bonds is 1. The summed E-state index contributed by atoms with van der Waals surface area (Å²) in [6.07, 6.45) is 6.62. The van der Waals surface area contributed by atoms with Gasteiger partial charge >= 0.3 is 0 Å². The summed E-state index contributed by atoms with van der Waals surface area (Å²) < 4.78 is 0. The van der Waals surface area contributed by atoms with Gasteiger partial charge in [0.25, 0.3) is 0 Å². The molecule has 17 heavy (non-hydrogen) atoms. The Labute approximate surface area is 104 Å². The van der Waals surface area contributed by atoms with Crippen LogP contribution in [0.4, 0.5) is 0 Å². The number of aliphatic hydroxyl groups excluding tert-OH is 1. The van der Waals surface area contributed by atoms with E-state index in [0.29, 0.717) is 0 Å². The number of hydrogen-bond acceptors (Lipinski definition) is 2. The zero-order valence-corrected chi connectivity index (χ0v) is 10.5. The fourth-order valence-corrected chi connectivity index (χ4v) is 2.37. The van der Waals surface area contributed by atoms with Crippen molar-refractivity contribution in [1.29, 1.82) is 0 Å². The predicted molar refractivity (Wildman–Crippen MR) is 71.9 cm³/mol. The number of nitrogens with zero attached hydrogens (tertiary/aromatic N) is 1. The van der Waals surface area contributed by atoms with Crippen LogP contribution in [0.3, 0.4) is 0 Å². The van der Waals surface area contributed by atoms with E-state index in [9.17, 15) is 5.11 Å². The van der Waals surface area contributed by atoms with Gasteiger partial charge in [-0.2, -0.15) is 0 Å². The van der Waals surface area contributed by atoms with Crippen LogP contribution in [0.2, 0.25) is 0 Å². The second-order valence-corrected chi connectivity index (χ2v) is 4.87. The van der Waals surface area contributed by atoms with Gasteiger partial charge < -0.3 is 10.0 Å². The highest BCUT2D eigenvalue weighted by atomic mass is 16.3. The maximum atomic E-state index is 9.36. The van der Waals surface area contributed by atoms with Crippen molar-refractivity contribution < 1.29 is 5.11 Å². The van der Waals surface area contributed by atoms with E-state index in [1.807, 2.05) is 0 Å². The first-order chi connectivity index (χ1) is 8.29. The van der Waals surface area contributed by atoms with Crippen molar-refractivity contribution in [3.63, 3.8) is 0 Å². The van der Waals surface area contributed by atoms with Gasteiger partial charge in [0.1, 0.15) is 0 Å². The van der Waals surface area contributed by atoms with Crippen molar-refractivity contribution in [3.05, 3.63) is 41.5 Å². The summed E-state index contributed by atoms with van der Waals surface area (Å²) >= 11 is 0. The Morgan fingerprint density at radius 3 is 3.00 bits per heavy atom. The summed E-state index contributed by atoms with van der Waals surface area (Å²) in [7, 11) is 2.13. The Hall–Kier alpha value is -1.12. The molecule has 0 radical (unpaired) electrons. The van der Waals surface area contributed by atoms with Crippen LogP contribution in [-0.2, 0) is 6.42 Å². The van der Waals surface area contributed by atoms with E-state index in [0.717, 1.165) is 19.5 Å². The van der Waals surface area contributed by atoms with Crippen LogP contribution in [0.5, 0.6) is 0 Å². The summed E-state index contributed by atoms with van der Waals surface area (Å²) in [6, 6.07) is 8.54. The third kappa shape index (κ3) is 3.42. The molecule has 1 atom stereocenters. The fraction of sp³-hybridized carbons (Fsp3) is 0.467. The molecule has 1 heterocycles. The second-order valence-electron chi connectivity index (χ2n) is 4.87. The largest absolute Gasteiger partial charge is 0.396 e. The molecule has 2 rings (SSSR count). The van der Waals surface area contributed by atoms with Gasteiger partial charge in [-0.25, -0.2) is 0 Å². The monoisotopic (exact) mass is 231 g/mol. The molecule has 0 aliphatic carbocycles. The molecule has 0 amide bonds. The van der Waals surface area contributed by atoms with Crippen molar-refractivity contribution in [1.82, 2.24) is 4.90 Å². The minimum absolute atomic E-state index is 0.225. The normalized spacial score (nSPS) is 22.1. The van der Waals surface area contributed by atoms with Gasteiger partial charge in [0.2, 0.25) is 0 Å². The topological polar surface area (TPSA) is 23.5 Å². The van der Waals surface area contributed by atoms with Crippen LogP contribution < -0.4 is 0 Å². The lowest BCUT2D eigenvalue weighted by Crippen LogP contribution is -2.28. The van der Waals surface area contributed by atoms with Crippen LogP contribution in [0, 0.1) is 5.92 Å². The van der Waals surface area contributed by atoms with E-state index in [2.05, 4.69) is 48.4 Å². The third-order valence-electron chi connectivity index (χ3n) is 3.37. The molecular weight excluding hydrogens is 210 g/mol. The lowest BCUT2D eigenvalue weighted by molar-refractivity contribution is 0.206. The molecule has 0 saturated heterocycles. The molecule has 0 aromatic heterocycles. The Morgan fingerprint density at radius 2 is 2.18 bits per heavy atom. The second kappa shape index (κ2) is 5.99. The lowest BCUT2D eigenvalue weighted by atomic mass is 9.99. The molecule has 0 spiro atoms. The van der Waals surface area contributed by atoms with Crippen LogP contribution >= 0.6 is 0 Å². The molecule has 1 aliphatic heterocycles. The zero-order chi connectivity index (χ0) is 12.1. The van der Waals surface area contributed by atoms with Crippen LogP contribution in [-0.4, -0.2) is 36.8 Å². The van der Waals surface area contributed by atoms with Crippen LogP contribution in [0.15, 0.2) is 30.3 Å². The zero-order valence-electron chi connectivity index (χ0n) is 10.5. The highest BCUT2D eigenvalue weighted by Crippen LogP contribution is 2.16. The molecule has 1 N–H and O–H groups in total. The molecule has 0 saturated carbocycles. The average Bonchev–Trinajstić information content (AvgIpc) is 2.36. The van der Waals surface area contributed by atoms with Crippen molar-refractivity contribution >= 4 is 6.08 Å². The fourth-order valence-electron chi connectivity index (χ4n) is 2.37. The van der Waals surface area contributed by atoms with Crippen LogP contribution in [0.25, 0.3) is 6.08 Å². The minimum Gasteiger partial charge on any atom is -0.396 e. The van der Waals surface area contributed by atoms with Gasteiger partial charge in [-0.15, -0.1) is 0 Å². The van der Waals surface area contributed by atoms with Crippen molar-refractivity contribution in [2.24, 2.45) is 5.92 Å². The number of aliphatic hydroxyl groups is 1. The molecule has 1 aromatic carbocycles. The van der Waals surface area contributed by atoms with E-state index in [-0.39, 0.29) is 12.5 Å². The smallest absolute Gasteiger partial charge is 0.0506 e. The third-order valence-corrected chi connectivity index (χ3v) is 3.37. The first-order valence-corrected chi connectivity index (χ1v) is 6.35. The quantitative estimate of drug-likeness (QED) is 0.801. The van der Waals surface area contributed by atoms with E-state index in [1.165, 1.54) is 17.5 Å². The Balaban J connectivity index is 2.23. The number of aryl methyl sites for hydroxylation is 1. The molecule has 92 valence electrons. The maximum Gasteiger partial charge on any atom is 0.0506 e. The summed E-state index contributed by atoms with van der Waals surface area (Å²) in [5.74, 6) is 0.242. The SMILES string of the molecule is CN1CCCc2ccccc2C=CC(CO)C1. The highest BCUT2D eigenvalue weighted by molar-refractivity contribution is 5.54. The molecule has 1 unspecified atom stereocenters. The summed E-state index contributed by atoms with van der Waals surface area (Å²) in [6.45, 7) is 2.26. The average molecular weight is 231 g/mol. The van der Waals surface area contributed by atoms with Gasteiger partial charge in [-0.3, -0.25) is 0 Å². The van der Waals surface area contributed by atoms with E-state index in [4.69, 9.17) is 0 Å². The van der Waals surface area contributed by atoms with Crippen molar-refractivity contribution in [2.45, 2.75) is 12.8 Å². The first kappa shape index (κ1) is 12.3. The van der Waals surface area contributed by atoms with E-state index >= 15 is 0 Å². The predicted octanol–water partition coefficient (Wildman–Crippen LogP) is 2.19. The molecule has 1 aromatic rings. The van der Waals surface area contributed by atoms with E-state index < -0.39 is 0 Å². The Kier molecular flexibility index (Phi) is 4.35. The molecular formula is C15H21NO. The Bertz CT molecular complexity index is 386. The number of hydrogen-bond donors (Lipinski definition) is 1. The maximum absolute atomic E-state index is 9.36. The van der Waals surface area contributed by atoms with Gasteiger partial charge in [-0.05, 0) is 37.6 Å². The highest BCUT2D eigenvalue weighted by Gasteiger charge is 2.10. The molecule has 2 nitrogen and oxygen atoms in total. The van der Waals surface area contributed by atoms with Gasteiger partial charge in [-0.1, -0.05) is 36.4 Å². The van der Waals surface area contributed by atoms with Gasteiger partial charge in [0.15, 0.2) is 0 Å². The summed E-state index contributed by atoms with van der Waals surface area (Å²) in [4.78, 5) is 2.30. The first-order valence-electron chi connectivity index (χ1n) is 6.35. The summed E-state index contributed by atoms with van der Waals surface area (Å²) in [5, 5.41) is 9.36. The number of fused-ring (bicyclic) bond motifs is 1. The van der Waals surface area contributed by atoms with Gasteiger partial charge in [0.05, 0.1) is 6.61 Å².